The predicted octanol–water partition coefficient (Wildman–Crippen LogP) is 1.60. The van der Waals surface area contributed by atoms with Gasteiger partial charge in [0.15, 0.2) is 0 Å². The van der Waals surface area contributed by atoms with Crippen molar-refractivity contribution in [3.8, 4) is 0 Å². The van der Waals surface area contributed by atoms with E-state index in [1.165, 1.54) is 17.9 Å². The highest BCUT2D eigenvalue weighted by molar-refractivity contribution is 7.99. The van der Waals surface area contributed by atoms with Crippen LogP contribution in [0.4, 0.5) is 0 Å². The fraction of sp³-hybridized carbons (Fsp3) is 0.500. The number of carbonyl (C=O) groups excluding carboxylic acids is 1. The second-order valence-electron chi connectivity index (χ2n) is 4.67. The number of amides is 1. The summed E-state index contributed by atoms with van der Waals surface area (Å²) < 4.78 is 0. The van der Waals surface area contributed by atoms with Gasteiger partial charge in [-0.1, -0.05) is 30.3 Å². The summed E-state index contributed by atoms with van der Waals surface area (Å²) in [6, 6.07) is 9.76. The van der Waals surface area contributed by atoms with E-state index in [2.05, 4.69) is 5.32 Å². The lowest BCUT2D eigenvalue weighted by atomic mass is 9.98. The normalized spacial score (nSPS) is 20.6. The average molecular weight is 264 g/mol. The van der Waals surface area contributed by atoms with Crippen molar-refractivity contribution in [1.29, 1.82) is 0 Å². The van der Waals surface area contributed by atoms with E-state index in [0.29, 0.717) is 12.5 Å². The Kier molecular flexibility index (Phi) is 5.08. The first-order valence-electron chi connectivity index (χ1n) is 6.41. The molecule has 2 atom stereocenters. The smallest absolute Gasteiger partial charge is 0.228 e. The highest BCUT2D eigenvalue weighted by Gasteiger charge is 2.21. The van der Waals surface area contributed by atoms with Gasteiger partial charge in [-0.05, 0) is 29.4 Å². The van der Waals surface area contributed by atoms with Crippen molar-refractivity contribution in [3.63, 3.8) is 0 Å². The molecule has 3 N–H and O–H groups in total. The molecule has 1 heterocycles. The number of benzene rings is 1. The number of rotatable bonds is 5. The molecule has 3 nitrogen and oxygen atoms in total. The topological polar surface area (TPSA) is 55.1 Å². The van der Waals surface area contributed by atoms with Gasteiger partial charge in [-0.15, -0.1) is 0 Å². The zero-order valence-electron chi connectivity index (χ0n) is 10.5. The third kappa shape index (κ3) is 3.50. The van der Waals surface area contributed by atoms with Crippen LogP contribution >= 0.6 is 11.8 Å². The Morgan fingerprint density at radius 1 is 1.44 bits per heavy atom. The van der Waals surface area contributed by atoms with Crippen molar-refractivity contribution in [2.24, 2.45) is 11.7 Å². The van der Waals surface area contributed by atoms with Gasteiger partial charge in [-0.2, -0.15) is 11.8 Å². The summed E-state index contributed by atoms with van der Waals surface area (Å²) in [5.74, 6) is 2.85. The van der Waals surface area contributed by atoms with E-state index in [1.807, 2.05) is 42.1 Å². The van der Waals surface area contributed by atoms with Crippen LogP contribution in [0.1, 0.15) is 17.9 Å². The highest BCUT2D eigenvalue weighted by Crippen LogP contribution is 2.23. The molecule has 0 saturated carbocycles. The van der Waals surface area contributed by atoms with E-state index >= 15 is 0 Å². The van der Waals surface area contributed by atoms with Gasteiger partial charge in [0, 0.05) is 13.1 Å². The molecule has 1 fully saturated rings. The van der Waals surface area contributed by atoms with Gasteiger partial charge in [0.05, 0.1) is 5.92 Å². The zero-order chi connectivity index (χ0) is 12.8. The maximum atomic E-state index is 12.1. The molecule has 1 aliphatic rings. The van der Waals surface area contributed by atoms with Crippen molar-refractivity contribution >= 4 is 17.7 Å². The van der Waals surface area contributed by atoms with E-state index < -0.39 is 0 Å². The summed E-state index contributed by atoms with van der Waals surface area (Å²) in [5, 5.41) is 3.04. The predicted molar refractivity (Wildman–Crippen MR) is 76.7 cm³/mol. The van der Waals surface area contributed by atoms with Crippen LogP contribution in [0.3, 0.4) is 0 Å². The number of thioether (sulfide) groups is 1. The standard InChI is InChI=1S/C14H20N2OS/c15-8-13(12-4-2-1-3-5-12)14(17)16-9-11-6-7-18-10-11/h1-5,11,13H,6-10,15H2,(H,16,17). The van der Waals surface area contributed by atoms with E-state index in [0.717, 1.165) is 12.1 Å². The third-order valence-corrected chi connectivity index (χ3v) is 4.57. The highest BCUT2D eigenvalue weighted by atomic mass is 32.2. The number of hydrogen-bond acceptors (Lipinski definition) is 3. The molecule has 0 radical (unpaired) electrons. The van der Waals surface area contributed by atoms with Crippen molar-refractivity contribution in [3.05, 3.63) is 35.9 Å². The van der Waals surface area contributed by atoms with Gasteiger partial charge >= 0.3 is 0 Å². The van der Waals surface area contributed by atoms with E-state index in [9.17, 15) is 4.79 Å². The first kappa shape index (κ1) is 13.4. The number of hydrogen-bond donors (Lipinski definition) is 2. The van der Waals surface area contributed by atoms with Crippen LogP contribution in [-0.2, 0) is 4.79 Å². The monoisotopic (exact) mass is 264 g/mol. The number of carbonyl (C=O) groups is 1. The molecule has 98 valence electrons. The second kappa shape index (κ2) is 6.81. The van der Waals surface area contributed by atoms with Crippen molar-refractivity contribution < 1.29 is 4.79 Å². The van der Waals surface area contributed by atoms with Gasteiger partial charge in [0.1, 0.15) is 0 Å². The third-order valence-electron chi connectivity index (χ3n) is 3.34. The molecule has 18 heavy (non-hydrogen) atoms. The maximum absolute atomic E-state index is 12.1. The Morgan fingerprint density at radius 3 is 2.83 bits per heavy atom. The summed E-state index contributed by atoms with van der Waals surface area (Å²) in [4.78, 5) is 12.1. The summed E-state index contributed by atoms with van der Waals surface area (Å²) in [6.07, 6.45) is 1.21. The summed E-state index contributed by atoms with van der Waals surface area (Å²) >= 11 is 1.97. The van der Waals surface area contributed by atoms with Gasteiger partial charge < -0.3 is 11.1 Å². The molecule has 1 aliphatic heterocycles. The number of nitrogens with two attached hydrogens (primary N) is 1. The first-order valence-corrected chi connectivity index (χ1v) is 7.57. The van der Waals surface area contributed by atoms with Crippen molar-refractivity contribution in [2.45, 2.75) is 12.3 Å². The molecule has 1 amide bonds. The Hall–Kier alpha value is -1.00. The second-order valence-corrected chi connectivity index (χ2v) is 5.82. The lowest BCUT2D eigenvalue weighted by Crippen LogP contribution is -2.36. The minimum atomic E-state index is -0.222. The fourth-order valence-electron chi connectivity index (χ4n) is 2.19. The fourth-order valence-corrected chi connectivity index (χ4v) is 3.48. The molecule has 0 aromatic heterocycles. The molecular weight excluding hydrogens is 244 g/mol. The molecule has 4 heteroatoms. The molecule has 0 bridgehead atoms. The first-order chi connectivity index (χ1) is 8.81. The van der Waals surface area contributed by atoms with Crippen LogP contribution < -0.4 is 11.1 Å². The van der Waals surface area contributed by atoms with Crippen LogP contribution in [0.25, 0.3) is 0 Å². The molecule has 1 aromatic rings. The lowest BCUT2D eigenvalue weighted by molar-refractivity contribution is -0.122. The summed E-state index contributed by atoms with van der Waals surface area (Å²) in [5.41, 5.74) is 6.72. The maximum Gasteiger partial charge on any atom is 0.228 e. The molecule has 1 saturated heterocycles. The van der Waals surface area contributed by atoms with Crippen molar-refractivity contribution in [2.75, 3.05) is 24.6 Å². The molecule has 2 unspecified atom stereocenters. The van der Waals surface area contributed by atoms with Crippen molar-refractivity contribution in [1.82, 2.24) is 5.32 Å². The molecule has 2 rings (SSSR count). The van der Waals surface area contributed by atoms with E-state index in [1.54, 1.807) is 0 Å². The van der Waals surface area contributed by atoms with Gasteiger partial charge in [0.25, 0.3) is 0 Å². The molecule has 0 aliphatic carbocycles. The molecule has 0 spiro atoms. The molecular formula is C14H20N2OS. The van der Waals surface area contributed by atoms with Crippen LogP contribution in [0.2, 0.25) is 0 Å². The summed E-state index contributed by atoms with van der Waals surface area (Å²) in [6.45, 7) is 1.14. The average Bonchev–Trinajstić information content (AvgIpc) is 2.92. The Labute approximate surface area is 113 Å². The van der Waals surface area contributed by atoms with Crippen LogP contribution in [-0.4, -0.2) is 30.5 Å². The largest absolute Gasteiger partial charge is 0.355 e. The SMILES string of the molecule is NCC(C(=O)NCC1CCSC1)c1ccccc1. The zero-order valence-corrected chi connectivity index (χ0v) is 11.3. The Bertz CT molecular complexity index is 377. The van der Waals surface area contributed by atoms with Gasteiger partial charge in [-0.3, -0.25) is 4.79 Å². The Balaban J connectivity index is 1.89. The van der Waals surface area contributed by atoms with Crippen LogP contribution in [0, 0.1) is 5.92 Å². The number of nitrogens with one attached hydrogen (secondary N) is 1. The minimum Gasteiger partial charge on any atom is -0.355 e. The Morgan fingerprint density at radius 2 is 2.22 bits per heavy atom. The summed E-state index contributed by atoms with van der Waals surface area (Å²) in [7, 11) is 0. The minimum absolute atomic E-state index is 0.0561. The van der Waals surface area contributed by atoms with Gasteiger partial charge in [-0.25, -0.2) is 0 Å². The van der Waals surface area contributed by atoms with Crippen LogP contribution in [0.15, 0.2) is 30.3 Å². The quantitative estimate of drug-likeness (QED) is 0.849. The van der Waals surface area contributed by atoms with E-state index in [4.69, 9.17) is 5.73 Å². The van der Waals surface area contributed by atoms with E-state index in [-0.39, 0.29) is 11.8 Å². The van der Waals surface area contributed by atoms with Crippen LogP contribution in [0.5, 0.6) is 0 Å². The van der Waals surface area contributed by atoms with Gasteiger partial charge in [0.2, 0.25) is 5.91 Å². The molecule has 1 aromatic carbocycles. The lowest BCUT2D eigenvalue weighted by Gasteiger charge is -2.17.